The maximum absolute atomic E-state index is 4.16. The highest BCUT2D eigenvalue weighted by Crippen LogP contribution is 2.03. The molecule has 0 atom stereocenters. The van der Waals surface area contributed by atoms with Gasteiger partial charge in [0.25, 0.3) is 0 Å². The van der Waals surface area contributed by atoms with Crippen LogP contribution in [-0.2, 0) is 13.1 Å². The number of nitrogens with zero attached hydrogens (tertiary/aromatic N) is 3. The lowest BCUT2D eigenvalue weighted by atomic mass is 10.3. The van der Waals surface area contributed by atoms with Crippen molar-refractivity contribution in [2.75, 3.05) is 0 Å². The monoisotopic (exact) mass is 227 g/mol. The molecule has 0 unspecified atom stereocenters. The van der Waals surface area contributed by atoms with Crippen LogP contribution in [0.2, 0.25) is 0 Å². The van der Waals surface area contributed by atoms with Gasteiger partial charge in [-0.1, -0.05) is 6.07 Å². The van der Waals surface area contributed by atoms with Crippen molar-refractivity contribution < 1.29 is 0 Å². The molecular formula is C12H13N5. The summed E-state index contributed by atoms with van der Waals surface area (Å²) in [6, 6.07) is 7.94. The number of H-pyrrole nitrogens is 1. The third kappa shape index (κ3) is 2.05. The van der Waals surface area contributed by atoms with E-state index >= 15 is 0 Å². The van der Waals surface area contributed by atoms with E-state index in [9.17, 15) is 0 Å². The Morgan fingerprint density at radius 2 is 2.18 bits per heavy atom. The van der Waals surface area contributed by atoms with Crippen LogP contribution in [0.1, 0.15) is 11.4 Å². The van der Waals surface area contributed by atoms with Crippen LogP contribution in [0.25, 0.3) is 5.65 Å². The van der Waals surface area contributed by atoms with Gasteiger partial charge in [0.1, 0.15) is 0 Å². The number of fused-ring (bicyclic) bond motifs is 1. The summed E-state index contributed by atoms with van der Waals surface area (Å²) in [6.45, 7) is 1.53. The maximum atomic E-state index is 4.16. The molecule has 0 aliphatic carbocycles. The van der Waals surface area contributed by atoms with Crippen molar-refractivity contribution in [2.45, 2.75) is 13.1 Å². The summed E-state index contributed by atoms with van der Waals surface area (Å²) in [5.74, 6) is 0.927. The molecule has 3 aromatic heterocycles. The average molecular weight is 227 g/mol. The number of aromatic amines is 1. The SMILES string of the molecule is c1ccn2c(CNCc3cc[nH]c3)nnc2c1. The van der Waals surface area contributed by atoms with E-state index < -0.39 is 0 Å². The fourth-order valence-electron chi connectivity index (χ4n) is 1.80. The highest BCUT2D eigenvalue weighted by atomic mass is 15.3. The lowest BCUT2D eigenvalue weighted by Crippen LogP contribution is -2.14. The van der Waals surface area contributed by atoms with E-state index in [0.717, 1.165) is 18.0 Å². The summed E-state index contributed by atoms with van der Waals surface area (Å²) in [4.78, 5) is 3.03. The topological polar surface area (TPSA) is 58.0 Å². The summed E-state index contributed by atoms with van der Waals surface area (Å²) >= 11 is 0. The highest BCUT2D eigenvalue weighted by Gasteiger charge is 2.03. The number of pyridine rings is 1. The van der Waals surface area contributed by atoms with Gasteiger partial charge in [0, 0.05) is 25.1 Å². The predicted molar refractivity (Wildman–Crippen MR) is 64.3 cm³/mol. The van der Waals surface area contributed by atoms with Crippen molar-refractivity contribution in [1.29, 1.82) is 0 Å². The molecule has 0 bridgehead atoms. The second kappa shape index (κ2) is 4.39. The zero-order valence-corrected chi connectivity index (χ0v) is 9.30. The Kier molecular flexibility index (Phi) is 2.59. The van der Waals surface area contributed by atoms with Crippen molar-refractivity contribution in [2.24, 2.45) is 0 Å². The van der Waals surface area contributed by atoms with Crippen molar-refractivity contribution in [3.63, 3.8) is 0 Å². The van der Waals surface area contributed by atoms with Gasteiger partial charge in [0.15, 0.2) is 11.5 Å². The lowest BCUT2D eigenvalue weighted by Gasteiger charge is -2.01. The molecule has 0 saturated heterocycles. The molecule has 0 aliphatic heterocycles. The van der Waals surface area contributed by atoms with E-state index in [2.05, 4.69) is 26.6 Å². The van der Waals surface area contributed by atoms with Crippen molar-refractivity contribution in [3.8, 4) is 0 Å². The minimum absolute atomic E-state index is 0.705. The second-order valence-corrected chi connectivity index (χ2v) is 3.87. The van der Waals surface area contributed by atoms with Gasteiger partial charge in [0.2, 0.25) is 0 Å². The molecule has 0 aliphatic rings. The summed E-state index contributed by atoms with van der Waals surface area (Å²) in [5, 5.41) is 11.6. The van der Waals surface area contributed by atoms with E-state index in [4.69, 9.17) is 0 Å². The Balaban J connectivity index is 1.69. The van der Waals surface area contributed by atoms with E-state index in [1.54, 1.807) is 0 Å². The van der Waals surface area contributed by atoms with Crippen molar-refractivity contribution >= 4 is 5.65 Å². The Labute approximate surface area is 98.5 Å². The standard InChI is InChI=1S/C12H13N5/c1-2-6-17-11(3-1)15-16-12(17)9-14-8-10-4-5-13-7-10/h1-7,13-14H,8-9H2. The van der Waals surface area contributed by atoms with Gasteiger partial charge in [-0.25, -0.2) is 0 Å². The van der Waals surface area contributed by atoms with Gasteiger partial charge in [-0.2, -0.15) is 0 Å². The van der Waals surface area contributed by atoms with E-state index in [-0.39, 0.29) is 0 Å². The largest absolute Gasteiger partial charge is 0.367 e. The number of nitrogens with one attached hydrogen (secondary N) is 2. The molecule has 0 spiro atoms. The second-order valence-electron chi connectivity index (χ2n) is 3.87. The van der Waals surface area contributed by atoms with Crippen LogP contribution in [-0.4, -0.2) is 19.6 Å². The molecule has 86 valence electrons. The molecule has 2 N–H and O–H groups in total. The van der Waals surface area contributed by atoms with Gasteiger partial charge < -0.3 is 10.3 Å². The van der Waals surface area contributed by atoms with Crippen LogP contribution in [0.4, 0.5) is 0 Å². The lowest BCUT2D eigenvalue weighted by molar-refractivity contribution is 0.657. The summed E-state index contributed by atoms with van der Waals surface area (Å²) in [6.07, 6.45) is 5.88. The molecule has 3 heterocycles. The summed E-state index contributed by atoms with van der Waals surface area (Å²) in [7, 11) is 0. The predicted octanol–water partition coefficient (Wildman–Crippen LogP) is 1.35. The third-order valence-electron chi connectivity index (χ3n) is 2.66. The van der Waals surface area contributed by atoms with E-state index in [1.165, 1.54) is 5.56 Å². The maximum Gasteiger partial charge on any atom is 0.160 e. The van der Waals surface area contributed by atoms with E-state index in [0.29, 0.717) is 6.54 Å². The summed E-state index contributed by atoms with van der Waals surface area (Å²) in [5.41, 5.74) is 2.12. The highest BCUT2D eigenvalue weighted by molar-refractivity contribution is 5.36. The van der Waals surface area contributed by atoms with Crippen LogP contribution in [0, 0.1) is 0 Å². The van der Waals surface area contributed by atoms with Gasteiger partial charge in [-0.15, -0.1) is 10.2 Å². The minimum atomic E-state index is 0.705. The van der Waals surface area contributed by atoms with Crippen LogP contribution in [0.3, 0.4) is 0 Å². The number of rotatable bonds is 4. The fraction of sp³-hybridized carbons (Fsp3) is 0.167. The molecule has 0 fully saturated rings. The average Bonchev–Trinajstić information content (AvgIpc) is 2.99. The molecule has 0 radical (unpaired) electrons. The zero-order chi connectivity index (χ0) is 11.5. The summed E-state index contributed by atoms with van der Waals surface area (Å²) < 4.78 is 1.99. The van der Waals surface area contributed by atoms with E-state index in [1.807, 2.05) is 41.2 Å². The Morgan fingerprint density at radius 3 is 3.06 bits per heavy atom. The van der Waals surface area contributed by atoms with Crippen LogP contribution < -0.4 is 5.32 Å². The zero-order valence-electron chi connectivity index (χ0n) is 9.30. The molecule has 0 amide bonds. The molecule has 5 heteroatoms. The Hall–Kier alpha value is -2.14. The Morgan fingerprint density at radius 1 is 1.18 bits per heavy atom. The molecule has 3 aromatic rings. The van der Waals surface area contributed by atoms with Crippen LogP contribution >= 0.6 is 0 Å². The quantitative estimate of drug-likeness (QED) is 0.707. The first-order chi connectivity index (χ1) is 8.43. The van der Waals surface area contributed by atoms with Crippen LogP contribution in [0.5, 0.6) is 0 Å². The number of hydrogen-bond acceptors (Lipinski definition) is 3. The first kappa shape index (κ1) is 10.0. The van der Waals surface area contributed by atoms with Gasteiger partial charge in [0.05, 0.1) is 6.54 Å². The van der Waals surface area contributed by atoms with Crippen molar-refractivity contribution in [3.05, 3.63) is 54.2 Å². The molecule has 3 rings (SSSR count). The van der Waals surface area contributed by atoms with Crippen LogP contribution in [0.15, 0.2) is 42.9 Å². The smallest absolute Gasteiger partial charge is 0.160 e. The first-order valence-corrected chi connectivity index (χ1v) is 5.54. The third-order valence-corrected chi connectivity index (χ3v) is 2.66. The number of hydrogen-bond donors (Lipinski definition) is 2. The van der Waals surface area contributed by atoms with Gasteiger partial charge in [-0.05, 0) is 23.8 Å². The molecular weight excluding hydrogens is 214 g/mol. The minimum Gasteiger partial charge on any atom is -0.367 e. The van der Waals surface area contributed by atoms with Crippen molar-refractivity contribution in [1.82, 2.24) is 24.9 Å². The first-order valence-electron chi connectivity index (χ1n) is 5.54. The Bertz CT molecular complexity index is 596. The normalized spacial score (nSPS) is 11.1. The number of aromatic nitrogens is 4. The molecule has 5 nitrogen and oxygen atoms in total. The molecule has 0 aromatic carbocycles. The molecule has 0 saturated carbocycles. The fourth-order valence-corrected chi connectivity index (χ4v) is 1.80. The van der Waals surface area contributed by atoms with Gasteiger partial charge >= 0.3 is 0 Å². The molecule has 17 heavy (non-hydrogen) atoms. The van der Waals surface area contributed by atoms with Gasteiger partial charge in [-0.3, -0.25) is 4.40 Å².